The lowest BCUT2D eigenvalue weighted by atomic mass is 10.1. The number of nitrogens with one attached hydrogen (secondary N) is 1. The van der Waals surface area contributed by atoms with Gasteiger partial charge in [0.15, 0.2) is 5.76 Å². The van der Waals surface area contributed by atoms with Gasteiger partial charge < -0.3 is 9.73 Å². The van der Waals surface area contributed by atoms with Crippen LogP contribution in [0, 0.1) is 18.7 Å². The fourth-order valence-corrected chi connectivity index (χ4v) is 3.38. The smallest absolute Gasteiger partial charge is 0.286 e. The molecule has 164 valence electrons. The van der Waals surface area contributed by atoms with E-state index in [1.165, 1.54) is 17.2 Å². The first-order chi connectivity index (χ1) is 14.9. The maximum absolute atomic E-state index is 13.7. The molecule has 0 radical (unpaired) electrons. The average Bonchev–Trinajstić information content (AvgIpc) is 3.18. The quantitative estimate of drug-likeness (QED) is 0.455. The number of aryl methyl sites for hydroxylation is 1. The Morgan fingerprint density at radius 3 is 2.45 bits per heavy atom. The van der Waals surface area contributed by atoms with Gasteiger partial charge >= 0.3 is 0 Å². The average molecular weight is 423 g/mol. The monoisotopic (exact) mass is 422 g/mol. The van der Waals surface area contributed by atoms with Crippen LogP contribution in [-0.4, -0.2) is 17.4 Å². The van der Waals surface area contributed by atoms with Crippen molar-refractivity contribution in [3.05, 3.63) is 94.7 Å². The third-order valence-corrected chi connectivity index (χ3v) is 5.09. The highest BCUT2D eigenvalue weighted by Crippen LogP contribution is 2.17. The van der Waals surface area contributed by atoms with Crippen molar-refractivity contribution in [2.75, 3.05) is 6.54 Å². The van der Waals surface area contributed by atoms with E-state index in [0.717, 1.165) is 12.0 Å². The van der Waals surface area contributed by atoms with Crippen LogP contribution in [-0.2, 0) is 19.6 Å². The molecule has 1 heterocycles. The number of benzene rings is 2. The van der Waals surface area contributed by atoms with Gasteiger partial charge in [-0.1, -0.05) is 55.8 Å². The summed E-state index contributed by atoms with van der Waals surface area (Å²) >= 11 is 0. The molecule has 0 saturated heterocycles. The van der Waals surface area contributed by atoms with E-state index in [1.807, 2.05) is 12.1 Å². The summed E-state index contributed by atoms with van der Waals surface area (Å²) in [5.41, 5.74) is 3.27. The second-order valence-electron chi connectivity index (χ2n) is 8.47. The fourth-order valence-electron chi connectivity index (χ4n) is 3.38. The molecule has 5 heteroatoms. The Hall–Kier alpha value is -2.92. The zero-order chi connectivity index (χ0) is 22.2. The Morgan fingerprint density at radius 2 is 1.74 bits per heavy atom. The molecule has 31 heavy (non-hydrogen) atoms. The summed E-state index contributed by atoms with van der Waals surface area (Å²) in [5.74, 6) is 1.12. The molecular weight excluding hydrogens is 391 g/mol. The number of carbonyl (C=O) groups is 1. The van der Waals surface area contributed by atoms with E-state index in [9.17, 15) is 9.18 Å². The Bertz CT molecular complexity index is 979. The standard InChI is InChI=1S/C26H31FN2O2/c1-19(2)13-14-28-26(30)25-12-11-24(31-25)18-29(16-21-9-7-20(3)8-10-21)17-22-5-4-6-23(27)15-22/h4-12,15,19H,13-14,16-18H2,1-3H3,(H,28,30). The topological polar surface area (TPSA) is 45.5 Å². The molecule has 1 aromatic heterocycles. The van der Waals surface area contributed by atoms with Gasteiger partial charge in [-0.05, 0) is 54.7 Å². The molecule has 0 fully saturated rings. The molecule has 0 aliphatic heterocycles. The lowest BCUT2D eigenvalue weighted by Crippen LogP contribution is -2.25. The molecule has 1 N–H and O–H groups in total. The minimum absolute atomic E-state index is 0.192. The number of hydrogen-bond donors (Lipinski definition) is 1. The Labute approximate surface area is 184 Å². The van der Waals surface area contributed by atoms with Gasteiger partial charge in [0.2, 0.25) is 0 Å². The van der Waals surface area contributed by atoms with Crippen LogP contribution >= 0.6 is 0 Å². The van der Waals surface area contributed by atoms with Crippen LogP contribution in [0.4, 0.5) is 4.39 Å². The first-order valence-electron chi connectivity index (χ1n) is 10.8. The maximum Gasteiger partial charge on any atom is 0.286 e. The first-order valence-corrected chi connectivity index (χ1v) is 10.8. The van der Waals surface area contributed by atoms with Crippen molar-refractivity contribution in [3.63, 3.8) is 0 Å². The number of halogens is 1. The van der Waals surface area contributed by atoms with E-state index >= 15 is 0 Å². The molecule has 0 bridgehead atoms. The largest absolute Gasteiger partial charge is 0.455 e. The van der Waals surface area contributed by atoms with Crippen molar-refractivity contribution >= 4 is 5.91 Å². The Kier molecular flexibility index (Phi) is 8.01. The summed E-state index contributed by atoms with van der Waals surface area (Å²) in [4.78, 5) is 14.5. The molecule has 3 aromatic rings. The zero-order valence-electron chi connectivity index (χ0n) is 18.5. The first kappa shape index (κ1) is 22.8. The lowest BCUT2D eigenvalue weighted by Gasteiger charge is -2.22. The molecule has 0 aliphatic carbocycles. The van der Waals surface area contributed by atoms with E-state index in [4.69, 9.17) is 4.42 Å². The third kappa shape index (κ3) is 7.37. The highest BCUT2D eigenvalue weighted by atomic mass is 19.1. The van der Waals surface area contributed by atoms with Crippen LogP contribution in [0.3, 0.4) is 0 Å². The van der Waals surface area contributed by atoms with Gasteiger partial charge in [0.25, 0.3) is 5.91 Å². The highest BCUT2D eigenvalue weighted by molar-refractivity contribution is 5.91. The van der Waals surface area contributed by atoms with E-state index in [-0.39, 0.29) is 11.7 Å². The van der Waals surface area contributed by atoms with Crippen molar-refractivity contribution in [3.8, 4) is 0 Å². The third-order valence-electron chi connectivity index (χ3n) is 5.09. The highest BCUT2D eigenvalue weighted by Gasteiger charge is 2.15. The molecule has 4 nitrogen and oxygen atoms in total. The van der Waals surface area contributed by atoms with Crippen molar-refractivity contribution in [2.45, 2.75) is 46.8 Å². The molecule has 3 rings (SSSR count). The van der Waals surface area contributed by atoms with E-state index in [1.54, 1.807) is 18.2 Å². The second-order valence-corrected chi connectivity index (χ2v) is 8.47. The van der Waals surface area contributed by atoms with Crippen LogP contribution in [0.2, 0.25) is 0 Å². The van der Waals surface area contributed by atoms with Gasteiger partial charge in [-0.2, -0.15) is 0 Å². The number of carbonyl (C=O) groups excluding carboxylic acids is 1. The number of hydrogen-bond acceptors (Lipinski definition) is 3. The van der Waals surface area contributed by atoms with Gasteiger partial charge in [-0.25, -0.2) is 4.39 Å². The SMILES string of the molecule is Cc1ccc(CN(Cc2cccc(F)c2)Cc2ccc(C(=O)NCCC(C)C)o2)cc1. The minimum Gasteiger partial charge on any atom is -0.455 e. The van der Waals surface area contributed by atoms with Crippen LogP contribution < -0.4 is 5.32 Å². The lowest BCUT2D eigenvalue weighted by molar-refractivity contribution is 0.0919. The van der Waals surface area contributed by atoms with Gasteiger partial charge in [0.1, 0.15) is 11.6 Å². The van der Waals surface area contributed by atoms with Gasteiger partial charge in [0, 0.05) is 19.6 Å². The fraction of sp³-hybridized carbons (Fsp3) is 0.346. The summed E-state index contributed by atoms with van der Waals surface area (Å²) in [6.45, 7) is 8.71. The minimum atomic E-state index is -0.244. The van der Waals surface area contributed by atoms with Gasteiger partial charge in [-0.15, -0.1) is 0 Å². The summed E-state index contributed by atoms with van der Waals surface area (Å²) in [6.07, 6.45) is 0.928. The summed E-state index contributed by atoms with van der Waals surface area (Å²) in [7, 11) is 0. The van der Waals surface area contributed by atoms with E-state index in [0.29, 0.717) is 43.6 Å². The molecule has 0 saturated carbocycles. The predicted octanol–water partition coefficient (Wildman–Crippen LogP) is 5.71. The van der Waals surface area contributed by atoms with Gasteiger partial charge in [0.05, 0.1) is 6.54 Å². The molecule has 0 unspecified atom stereocenters. The summed E-state index contributed by atoms with van der Waals surface area (Å²) in [5, 5.41) is 2.90. The Balaban J connectivity index is 1.69. The van der Waals surface area contributed by atoms with Gasteiger partial charge in [-0.3, -0.25) is 9.69 Å². The number of furan rings is 1. The van der Waals surface area contributed by atoms with Crippen LogP contribution in [0.1, 0.15) is 53.3 Å². The second kappa shape index (κ2) is 10.9. The van der Waals surface area contributed by atoms with Crippen molar-refractivity contribution in [2.24, 2.45) is 5.92 Å². The molecule has 0 atom stereocenters. The van der Waals surface area contributed by atoms with Crippen molar-refractivity contribution in [1.29, 1.82) is 0 Å². The molecule has 0 spiro atoms. The molecule has 1 amide bonds. The van der Waals surface area contributed by atoms with Crippen molar-refractivity contribution in [1.82, 2.24) is 10.2 Å². The molecule has 2 aromatic carbocycles. The normalized spacial score (nSPS) is 11.3. The van der Waals surface area contributed by atoms with Crippen LogP contribution in [0.5, 0.6) is 0 Å². The van der Waals surface area contributed by atoms with Crippen LogP contribution in [0.15, 0.2) is 65.1 Å². The Morgan fingerprint density at radius 1 is 1.00 bits per heavy atom. The number of amides is 1. The molecule has 0 aliphatic rings. The predicted molar refractivity (Wildman–Crippen MR) is 121 cm³/mol. The van der Waals surface area contributed by atoms with Crippen LogP contribution in [0.25, 0.3) is 0 Å². The summed E-state index contributed by atoms with van der Waals surface area (Å²) in [6, 6.07) is 18.6. The van der Waals surface area contributed by atoms with E-state index < -0.39 is 0 Å². The maximum atomic E-state index is 13.7. The summed E-state index contributed by atoms with van der Waals surface area (Å²) < 4.78 is 19.5. The van der Waals surface area contributed by atoms with Crippen molar-refractivity contribution < 1.29 is 13.6 Å². The van der Waals surface area contributed by atoms with E-state index in [2.05, 4.69) is 55.3 Å². The molecular formula is C26H31FN2O2. The zero-order valence-corrected chi connectivity index (χ0v) is 18.5. The number of nitrogens with zero attached hydrogens (tertiary/aromatic N) is 1. The number of rotatable bonds is 10.